The van der Waals surface area contributed by atoms with Gasteiger partial charge in [0.2, 0.25) is 11.8 Å². The van der Waals surface area contributed by atoms with Crippen LogP contribution < -0.4 is 10.2 Å². The summed E-state index contributed by atoms with van der Waals surface area (Å²) in [4.78, 5) is 38.3. The SMILES string of the molecule is CC(C)C(=O)N1CCc2cc(NC(=O)CCCC(=O)c3ccc(F)cc3)ccc21. The number of anilines is 2. The summed E-state index contributed by atoms with van der Waals surface area (Å²) in [6, 6.07) is 11.0. The van der Waals surface area contributed by atoms with Gasteiger partial charge in [0.25, 0.3) is 0 Å². The van der Waals surface area contributed by atoms with Gasteiger partial charge in [0.05, 0.1) is 0 Å². The maximum atomic E-state index is 12.9. The van der Waals surface area contributed by atoms with E-state index < -0.39 is 0 Å². The van der Waals surface area contributed by atoms with Crippen molar-refractivity contribution in [1.82, 2.24) is 0 Å². The number of nitrogens with one attached hydrogen (secondary N) is 1. The smallest absolute Gasteiger partial charge is 0.229 e. The van der Waals surface area contributed by atoms with Gasteiger partial charge in [0.1, 0.15) is 5.82 Å². The van der Waals surface area contributed by atoms with E-state index in [1.54, 1.807) is 11.0 Å². The lowest BCUT2D eigenvalue weighted by Gasteiger charge is -2.19. The molecule has 1 heterocycles. The molecule has 0 saturated heterocycles. The third-order valence-electron chi connectivity index (χ3n) is 4.99. The quantitative estimate of drug-likeness (QED) is 0.707. The second kappa shape index (κ2) is 8.99. The molecule has 0 aliphatic carbocycles. The predicted molar refractivity (Wildman–Crippen MR) is 111 cm³/mol. The van der Waals surface area contributed by atoms with E-state index >= 15 is 0 Å². The Hall–Kier alpha value is -3.02. The van der Waals surface area contributed by atoms with E-state index in [1.165, 1.54) is 24.3 Å². The molecule has 0 radical (unpaired) electrons. The minimum atomic E-state index is -0.382. The molecule has 0 bridgehead atoms. The number of rotatable bonds is 7. The number of carbonyl (C=O) groups is 3. The molecular formula is C23H25FN2O3. The average molecular weight is 396 g/mol. The fourth-order valence-corrected chi connectivity index (χ4v) is 3.43. The zero-order chi connectivity index (χ0) is 21.0. The Kier molecular flexibility index (Phi) is 6.42. The van der Waals surface area contributed by atoms with E-state index in [9.17, 15) is 18.8 Å². The van der Waals surface area contributed by atoms with Crippen LogP contribution in [0.2, 0.25) is 0 Å². The molecule has 1 aliphatic rings. The standard InChI is InChI=1S/C23H25FN2O3/c1-15(2)23(29)26-13-12-17-14-19(10-11-20(17)26)25-22(28)5-3-4-21(27)16-6-8-18(24)9-7-16/h6-11,14-15H,3-5,12-13H2,1-2H3,(H,25,28). The fourth-order valence-electron chi connectivity index (χ4n) is 3.43. The number of amides is 2. The van der Waals surface area contributed by atoms with Crippen LogP contribution in [0.25, 0.3) is 0 Å². The van der Waals surface area contributed by atoms with Crippen LogP contribution in [0.1, 0.15) is 49.0 Å². The number of ketones is 1. The molecule has 0 fully saturated rings. The lowest BCUT2D eigenvalue weighted by atomic mass is 10.1. The Bertz CT molecular complexity index is 922. The second-order valence-electron chi connectivity index (χ2n) is 7.57. The molecule has 3 rings (SSSR count). The van der Waals surface area contributed by atoms with Gasteiger partial charge in [-0.15, -0.1) is 0 Å². The largest absolute Gasteiger partial charge is 0.326 e. The molecule has 29 heavy (non-hydrogen) atoms. The number of benzene rings is 2. The Morgan fingerprint density at radius 1 is 1.07 bits per heavy atom. The normalized spacial score (nSPS) is 12.8. The van der Waals surface area contributed by atoms with Crippen molar-refractivity contribution in [3.05, 3.63) is 59.4 Å². The molecule has 6 heteroatoms. The van der Waals surface area contributed by atoms with Gasteiger partial charge in [-0.05, 0) is 60.9 Å². The summed E-state index contributed by atoms with van der Waals surface area (Å²) in [6.07, 6.45) is 1.64. The van der Waals surface area contributed by atoms with E-state index in [0.717, 1.165) is 17.7 Å². The van der Waals surface area contributed by atoms with E-state index in [1.807, 2.05) is 26.0 Å². The monoisotopic (exact) mass is 396 g/mol. The van der Waals surface area contributed by atoms with Gasteiger partial charge in [-0.2, -0.15) is 0 Å². The maximum absolute atomic E-state index is 12.9. The molecular weight excluding hydrogens is 371 g/mol. The highest BCUT2D eigenvalue weighted by Gasteiger charge is 2.26. The van der Waals surface area contributed by atoms with Crippen molar-refractivity contribution < 1.29 is 18.8 Å². The first kappa shape index (κ1) is 20.7. The predicted octanol–water partition coefficient (Wildman–Crippen LogP) is 4.36. The third-order valence-corrected chi connectivity index (χ3v) is 4.99. The summed E-state index contributed by atoms with van der Waals surface area (Å²) in [6.45, 7) is 4.43. The van der Waals surface area contributed by atoms with Crippen molar-refractivity contribution in [2.45, 2.75) is 39.5 Å². The van der Waals surface area contributed by atoms with Crippen molar-refractivity contribution in [1.29, 1.82) is 0 Å². The van der Waals surface area contributed by atoms with Crippen molar-refractivity contribution in [3.63, 3.8) is 0 Å². The Labute approximate surface area is 169 Å². The lowest BCUT2D eigenvalue weighted by Crippen LogP contribution is -2.32. The van der Waals surface area contributed by atoms with Crippen molar-refractivity contribution in [3.8, 4) is 0 Å². The van der Waals surface area contributed by atoms with Crippen molar-refractivity contribution >= 4 is 29.0 Å². The van der Waals surface area contributed by atoms with Crippen LogP contribution in [-0.4, -0.2) is 24.1 Å². The number of Topliss-reactive ketones (excluding diaryl/α,β-unsaturated/α-hetero) is 1. The van der Waals surface area contributed by atoms with Gasteiger partial charge in [-0.3, -0.25) is 14.4 Å². The van der Waals surface area contributed by atoms with Crippen molar-refractivity contribution in [2.24, 2.45) is 5.92 Å². The number of hydrogen-bond donors (Lipinski definition) is 1. The molecule has 1 aliphatic heterocycles. The highest BCUT2D eigenvalue weighted by molar-refractivity contribution is 5.98. The molecule has 1 N–H and O–H groups in total. The molecule has 2 aromatic rings. The third kappa shape index (κ3) is 5.08. The van der Waals surface area contributed by atoms with E-state index in [4.69, 9.17) is 0 Å². The van der Waals surface area contributed by atoms with Gasteiger partial charge in [0.15, 0.2) is 5.78 Å². The first-order valence-corrected chi connectivity index (χ1v) is 9.88. The van der Waals surface area contributed by atoms with Crippen LogP contribution in [0, 0.1) is 11.7 Å². The van der Waals surface area contributed by atoms with E-state index in [0.29, 0.717) is 24.2 Å². The Morgan fingerprint density at radius 2 is 1.79 bits per heavy atom. The zero-order valence-corrected chi connectivity index (χ0v) is 16.7. The molecule has 152 valence electrons. The van der Waals surface area contributed by atoms with Gasteiger partial charge in [-0.1, -0.05) is 13.8 Å². The van der Waals surface area contributed by atoms with Gasteiger partial charge in [0, 0.05) is 42.2 Å². The number of nitrogens with zero attached hydrogens (tertiary/aromatic N) is 1. The van der Waals surface area contributed by atoms with Gasteiger partial charge in [-0.25, -0.2) is 4.39 Å². The summed E-state index contributed by atoms with van der Waals surface area (Å²) in [7, 11) is 0. The van der Waals surface area contributed by atoms with Crippen LogP contribution in [0.15, 0.2) is 42.5 Å². The van der Waals surface area contributed by atoms with Crippen LogP contribution in [-0.2, 0) is 16.0 Å². The average Bonchev–Trinajstić information content (AvgIpc) is 3.10. The van der Waals surface area contributed by atoms with Crippen LogP contribution in [0.4, 0.5) is 15.8 Å². The lowest BCUT2D eigenvalue weighted by molar-refractivity contribution is -0.121. The van der Waals surface area contributed by atoms with Crippen LogP contribution >= 0.6 is 0 Å². The second-order valence-corrected chi connectivity index (χ2v) is 7.57. The highest BCUT2D eigenvalue weighted by Crippen LogP contribution is 2.31. The van der Waals surface area contributed by atoms with E-state index in [-0.39, 0.29) is 42.2 Å². The molecule has 0 spiro atoms. The maximum Gasteiger partial charge on any atom is 0.229 e. The number of hydrogen-bond acceptors (Lipinski definition) is 3. The fraction of sp³-hybridized carbons (Fsp3) is 0.348. The van der Waals surface area contributed by atoms with E-state index in [2.05, 4.69) is 5.32 Å². The summed E-state index contributed by atoms with van der Waals surface area (Å²) < 4.78 is 12.9. The van der Waals surface area contributed by atoms with Gasteiger partial charge < -0.3 is 10.2 Å². The highest BCUT2D eigenvalue weighted by atomic mass is 19.1. The molecule has 0 saturated carbocycles. The summed E-state index contributed by atoms with van der Waals surface area (Å²) in [5.41, 5.74) is 3.10. The summed E-state index contributed by atoms with van der Waals surface area (Å²) in [5.74, 6) is -0.605. The van der Waals surface area contributed by atoms with Crippen LogP contribution in [0.3, 0.4) is 0 Å². The topological polar surface area (TPSA) is 66.5 Å². The minimum Gasteiger partial charge on any atom is -0.326 e. The molecule has 5 nitrogen and oxygen atoms in total. The van der Waals surface area contributed by atoms with Crippen LogP contribution in [0.5, 0.6) is 0 Å². The molecule has 0 unspecified atom stereocenters. The minimum absolute atomic E-state index is 0.0575. The van der Waals surface area contributed by atoms with Gasteiger partial charge >= 0.3 is 0 Å². The molecule has 0 aromatic heterocycles. The number of carbonyl (C=O) groups excluding carboxylic acids is 3. The number of fused-ring (bicyclic) bond motifs is 1. The molecule has 0 atom stereocenters. The Morgan fingerprint density at radius 3 is 2.48 bits per heavy atom. The number of halogens is 1. The Balaban J connectivity index is 1.50. The first-order chi connectivity index (χ1) is 13.8. The van der Waals surface area contributed by atoms with Crippen molar-refractivity contribution in [2.75, 3.05) is 16.8 Å². The zero-order valence-electron chi connectivity index (χ0n) is 16.7. The molecule has 2 aromatic carbocycles. The molecule has 2 amide bonds. The summed E-state index contributed by atoms with van der Waals surface area (Å²) in [5, 5.41) is 2.86. The summed E-state index contributed by atoms with van der Waals surface area (Å²) >= 11 is 0. The first-order valence-electron chi connectivity index (χ1n) is 9.88.